The van der Waals surface area contributed by atoms with Crippen LogP contribution in [0.2, 0.25) is 0 Å². The normalized spacial score (nSPS) is 17.9. The molecule has 0 aliphatic carbocycles. The fraction of sp³-hybridized carbons (Fsp3) is 0.500. The van der Waals surface area contributed by atoms with Gasteiger partial charge in [-0.2, -0.15) is 0 Å². The van der Waals surface area contributed by atoms with Crippen LogP contribution in [0.5, 0.6) is 11.5 Å². The summed E-state index contributed by atoms with van der Waals surface area (Å²) < 4.78 is 16.8. The first-order valence-electron chi connectivity index (χ1n) is 7.06. The van der Waals surface area contributed by atoms with Crippen molar-refractivity contribution in [1.82, 2.24) is 5.32 Å². The summed E-state index contributed by atoms with van der Waals surface area (Å²) in [5, 5.41) is 3.26. The van der Waals surface area contributed by atoms with Gasteiger partial charge in [-0.15, -0.1) is 6.58 Å². The fourth-order valence-corrected chi connectivity index (χ4v) is 2.22. The molecule has 1 atom stereocenters. The third-order valence-electron chi connectivity index (χ3n) is 3.29. The van der Waals surface area contributed by atoms with Crippen LogP contribution in [0.15, 0.2) is 30.9 Å². The lowest BCUT2D eigenvalue weighted by Crippen LogP contribution is -2.16. The Morgan fingerprint density at radius 2 is 2.35 bits per heavy atom. The van der Waals surface area contributed by atoms with Crippen LogP contribution in [0.25, 0.3) is 0 Å². The van der Waals surface area contributed by atoms with Crippen molar-refractivity contribution in [2.45, 2.75) is 25.5 Å². The lowest BCUT2D eigenvalue weighted by Gasteiger charge is -2.15. The number of ether oxygens (including phenoxy) is 3. The lowest BCUT2D eigenvalue weighted by molar-refractivity contribution is 0.0669. The highest BCUT2D eigenvalue weighted by molar-refractivity contribution is 5.43. The molecule has 0 radical (unpaired) electrons. The van der Waals surface area contributed by atoms with Crippen LogP contribution in [-0.4, -0.2) is 33.0 Å². The number of methoxy groups -OCH3 is 1. The molecule has 1 aromatic rings. The molecule has 1 unspecified atom stereocenters. The van der Waals surface area contributed by atoms with E-state index in [0.29, 0.717) is 6.61 Å². The minimum atomic E-state index is 0.216. The summed E-state index contributed by atoms with van der Waals surface area (Å²) in [6.07, 6.45) is 4.26. The molecule has 4 nitrogen and oxygen atoms in total. The number of rotatable bonds is 8. The van der Waals surface area contributed by atoms with Crippen molar-refractivity contribution in [2.24, 2.45) is 0 Å². The fourth-order valence-electron chi connectivity index (χ4n) is 2.22. The van der Waals surface area contributed by atoms with Crippen LogP contribution in [0.3, 0.4) is 0 Å². The average Bonchev–Trinajstić information content (AvgIpc) is 2.99. The number of hydrogen-bond donors (Lipinski definition) is 1. The first-order chi connectivity index (χ1) is 9.83. The molecule has 1 heterocycles. The molecule has 1 fully saturated rings. The summed E-state index contributed by atoms with van der Waals surface area (Å²) in [4.78, 5) is 0. The van der Waals surface area contributed by atoms with Crippen LogP contribution < -0.4 is 14.8 Å². The van der Waals surface area contributed by atoms with E-state index < -0.39 is 0 Å². The Morgan fingerprint density at radius 3 is 3.05 bits per heavy atom. The smallest absolute Gasteiger partial charge is 0.161 e. The standard InChI is InChI=1S/C16H23NO3/c1-3-8-17-11-13-6-7-15(16(10-13)18-2)20-12-14-5-4-9-19-14/h3,6-7,10,14,17H,1,4-5,8-9,11-12H2,2H3. The summed E-state index contributed by atoms with van der Waals surface area (Å²) in [5.74, 6) is 1.54. The molecule has 0 amide bonds. The first kappa shape index (κ1) is 14.9. The van der Waals surface area contributed by atoms with Crippen LogP contribution in [-0.2, 0) is 11.3 Å². The minimum Gasteiger partial charge on any atom is -0.493 e. The SMILES string of the molecule is C=CCNCc1ccc(OCC2CCCO2)c(OC)c1. The van der Waals surface area contributed by atoms with E-state index in [1.165, 1.54) is 0 Å². The van der Waals surface area contributed by atoms with E-state index in [-0.39, 0.29) is 6.10 Å². The summed E-state index contributed by atoms with van der Waals surface area (Å²) in [5.41, 5.74) is 1.16. The van der Waals surface area contributed by atoms with Gasteiger partial charge < -0.3 is 19.5 Å². The Kier molecular flexibility index (Phi) is 5.89. The van der Waals surface area contributed by atoms with E-state index >= 15 is 0 Å². The molecular weight excluding hydrogens is 254 g/mol. The van der Waals surface area contributed by atoms with Crippen molar-refractivity contribution in [3.05, 3.63) is 36.4 Å². The van der Waals surface area contributed by atoms with Crippen molar-refractivity contribution in [3.63, 3.8) is 0 Å². The van der Waals surface area contributed by atoms with Gasteiger partial charge in [0.05, 0.1) is 13.2 Å². The zero-order valence-electron chi connectivity index (χ0n) is 12.1. The van der Waals surface area contributed by atoms with Crippen LogP contribution in [0.1, 0.15) is 18.4 Å². The van der Waals surface area contributed by atoms with Gasteiger partial charge in [-0.25, -0.2) is 0 Å². The van der Waals surface area contributed by atoms with Gasteiger partial charge in [-0.05, 0) is 30.5 Å². The minimum absolute atomic E-state index is 0.216. The van der Waals surface area contributed by atoms with Crippen LogP contribution >= 0.6 is 0 Å². The monoisotopic (exact) mass is 277 g/mol. The van der Waals surface area contributed by atoms with E-state index in [9.17, 15) is 0 Å². The molecule has 1 aromatic carbocycles. The van der Waals surface area contributed by atoms with Crippen molar-refractivity contribution in [1.29, 1.82) is 0 Å². The number of nitrogens with one attached hydrogen (secondary N) is 1. The van der Waals surface area contributed by atoms with Crippen molar-refractivity contribution >= 4 is 0 Å². The number of hydrogen-bond acceptors (Lipinski definition) is 4. The third kappa shape index (κ3) is 4.25. The van der Waals surface area contributed by atoms with Gasteiger partial charge in [-0.3, -0.25) is 0 Å². The molecule has 1 N–H and O–H groups in total. The molecule has 0 aromatic heterocycles. The van der Waals surface area contributed by atoms with Gasteiger partial charge in [0.2, 0.25) is 0 Å². The summed E-state index contributed by atoms with van der Waals surface area (Å²) in [7, 11) is 1.66. The van der Waals surface area contributed by atoms with Gasteiger partial charge in [0.25, 0.3) is 0 Å². The molecule has 4 heteroatoms. The van der Waals surface area contributed by atoms with Crippen molar-refractivity contribution < 1.29 is 14.2 Å². The second-order valence-electron chi connectivity index (χ2n) is 4.85. The molecule has 110 valence electrons. The zero-order valence-corrected chi connectivity index (χ0v) is 12.1. The second kappa shape index (κ2) is 7.92. The van der Waals surface area contributed by atoms with Gasteiger partial charge in [-0.1, -0.05) is 12.1 Å². The van der Waals surface area contributed by atoms with Crippen LogP contribution in [0, 0.1) is 0 Å². The largest absolute Gasteiger partial charge is 0.493 e. The third-order valence-corrected chi connectivity index (χ3v) is 3.29. The van der Waals surface area contributed by atoms with Crippen molar-refractivity contribution in [2.75, 3.05) is 26.9 Å². The molecule has 0 spiro atoms. The molecule has 1 aliphatic rings. The second-order valence-corrected chi connectivity index (χ2v) is 4.85. The Morgan fingerprint density at radius 1 is 1.45 bits per heavy atom. The number of benzene rings is 1. The predicted octanol–water partition coefficient (Wildman–Crippen LogP) is 2.53. The van der Waals surface area contributed by atoms with E-state index in [4.69, 9.17) is 14.2 Å². The molecule has 20 heavy (non-hydrogen) atoms. The average molecular weight is 277 g/mol. The highest BCUT2D eigenvalue weighted by Gasteiger charge is 2.17. The molecule has 1 saturated heterocycles. The zero-order chi connectivity index (χ0) is 14.2. The molecule has 1 aliphatic heterocycles. The Labute approximate surface area is 120 Å². The van der Waals surface area contributed by atoms with Gasteiger partial charge in [0.1, 0.15) is 6.61 Å². The maximum absolute atomic E-state index is 5.81. The van der Waals surface area contributed by atoms with Gasteiger partial charge >= 0.3 is 0 Å². The lowest BCUT2D eigenvalue weighted by atomic mass is 10.2. The summed E-state index contributed by atoms with van der Waals surface area (Å²) >= 11 is 0. The van der Waals surface area contributed by atoms with Crippen LogP contribution in [0.4, 0.5) is 0 Å². The quantitative estimate of drug-likeness (QED) is 0.585. The maximum Gasteiger partial charge on any atom is 0.161 e. The van der Waals surface area contributed by atoms with E-state index in [1.54, 1.807) is 7.11 Å². The van der Waals surface area contributed by atoms with E-state index in [2.05, 4.69) is 11.9 Å². The Hall–Kier alpha value is -1.52. The maximum atomic E-state index is 5.81. The summed E-state index contributed by atoms with van der Waals surface area (Å²) in [6, 6.07) is 6.00. The molecule has 0 bridgehead atoms. The van der Waals surface area contributed by atoms with E-state index in [0.717, 1.165) is 49.6 Å². The van der Waals surface area contributed by atoms with Gasteiger partial charge in [0.15, 0.2) is 11.5 Å². The Bertz CT molecular complexity index is 428. The van der Waals surface area contributed by atoms with Gasteiger partial charge in [0, 0.05) is 19.7 Å². The molecule has 0 saturated carbocycles. The predicted molar refractivity (Wildman–Crippen MR) is 79.4 cm³/mol. The summed E-state index contributed by atoms with van der Waals surface area (Å²) in [6.45, 7) is 6.69. The van der Waals surface area contributed by atoms with Crippen molar-refractivity contribution in [3.8, 4) is 11.5 Å². The molecule has 2 rings (SSSR count). The topological polar surface area (TPSA) is 39.7 Å². The van der Waals surface area contributed by atoms with E-state index in [1.807, 2.05) is 24.3 Å². The first-order valence-corrected chi connectivity index (χ1v) is 7.06. The highest BCUT2D eigenvalue weighted by Crippen LogP contribution is 2.28. The highest BCUT2D eigenvalue weighted by atomic mass is 16.5. The Balaban J connectivity index is 1.92. The molecular formula is C16H23NO3.